The topological polar surface area (TPSA) is 83.6 Å². The fourth-order valence-corrected chi connectivity index (χ4v) is 2.98. The average Bonchev–Trinajstić information content (AvgIpc) is 2.53. The summed E-state index contributed by atoms with van der Waals surface area (Å²) in [6.45, 7) is 0.679. The maximum atomic E-state index is 12.6. The number of benzene rings is 1. The first-order valence-corrected chi connectivity index (χ1v) is 7.34. The fourth-order valence-electron chi connectivity index (χ4n) is 2.98. The van der Waals surface area contributed by atoms with Gasteiger partial charge in [-0.15, -0.1) is 0 Å². The molecule has 1 aromatic rings. The van der Waals surface area contributed by atoms with Crippen LogP contribution in [0, 0.1) is 11.8 Å². The van der Waals surface area contributed by atoms with Crippen LogP contribution in [0.3, 0.4) is 0 Å². The van der Waals surface area contributed by atoms with E-state index in [0.717, 1.165) is 25.7 Å². The number of carboxylic acids is 1. The minimum absolute atomic E-state index is 0.000767. The van der Waals surface area contributed by atoms with Crippen LogP contribution in [0.4, 0.5) is 5.69 Å². The Bertz CT molecular complexity index is 522. The molecule has 1 aromatic carbocycles. The van der Waals surface area contributed by atoms with Gasteiger partial charge in [0.15, 0.2) is 0 Å². The molecule has 0 radical (unpaired) electrons. The van der Waals surface area contributed by atoms with Crippen molar-refractivity contribution in [2.24, 2.45) is 17.6 Å². The predicted molar refractivity (Wildman–Crippen MR) is 81.3 cm³/mol. The maximum absolute atomic E-state index is 12.6. The number of carboxylic acid groups (broad SMARTS) is 1. The molecule has 1 amide bonds. The summed E-state index contributed by atoms with van der Waals surface area (Å²) < 4.78 is 0. The molecule has 1 aliphatic carbocycles. The van der Waals surface area contributed by atoms with E-state index >= 15 is 0 Å². The Kier molecular flexibility index (Phi) is 4.96. The Hall–Kier alpha value is -1.88. The second-order valence-electron chi connectivity index (χ2n) is 5.67. The lowest BCUT2D eigenvalue weighted by Gasteiger charge is -2.30. The van der Waals surface area contributed by atoms with Gasteiger partial charge < -0.3 is 15.7 Å². The van der Waals surface area contributed by atoms with Crippen LogP contribution in [-0.4, -0.2) is 30.6 Å². The molecule has 0 spiro atoms. The standard InChI is InChI=1S/C16H22N2O3/c1-18(14-5-3-2-4-13(14)16(20)21)15(19)12-8-6-11(10-17)7-9-12/h2-5,11-12H,6-10,17H2,1H3,(H,20,21). The van der Waals surface area contributed by atoms with Gasteiger partial charge in [-0.2, -0.15) is 0 Å². The quantitative estimate of drug-likeness (QED) is 0.889. The lowest BCUT2D eigenvalue weighted by Crippen LogP contribution is -2.36. The van der Waals surface area contributed by atoms with Gasteiger partial charge >= 0.3 is 5.97 Å². The highest BCUT2D eigenvalue weighted by Crippen LogP contribution is 2.31. The van der Waals surface area contributed by atoms with E-state index in [4.69, 9.17) is 5.73 Å². The maximum Gasteiger partial charge on any atom is 0.337 e. The number of anilines is 1. The number of hydrogen-bond donors (Lipinski definition) is 2. The summed E-state index contributed by atoms with van der Waals surface area (Å²) in [4.78, 5) is 25.3. The van der Waals surface area contributed by atoms with Gasteiger partial charge in [-0.05, 0) is 50.3 Å². The molecule has 21 heavy (non-hydrogen) atoms. The van der Waals surface area contributed by atoms with Crippen molar-refractivity contribution in [3.05, 3.63) is 29.8 Å². The van der Waals surface area contributed by atoms with Gasteiger partial charge in [0.25, 0.3) is 0 Å². The van der Waals surface area contributed by atoms with Crippen molar-refractivity contribution in [3.8, 4) is 0 Å². The van der Waals surface area contributed by atoms with Gasteiger partial charge in [-0.1, -0.05) is 12.1 Å². The molecular weight excluding hydrogens is 268 g/mol. The highest BCUT2D eigenvalue weighted by Gasteiger charge is 2.29. The normalized spacial score (nSPS) is 21.8. The van der Waals surface area contributed by atoms with Crippen molar-refractivity contribution in [2.45, 2.75) is 25.7 Å². The lowest BCUT2D eigenvalue weighted by molar-refractivity contribution is -0.123. The van der Waals surface area contributed by atoms with Gasteiger partial charge in [-0.3, -0.25) is 4.79 Å². The molecule has 0 atom stereocenters. The molecular formula is C16H22N2O3. The molecule has 5 nitrogen and oxygen atoms in total. The molecule has 0 aromatic heterocycles. The van der Waals surface area contributed by atoms with E-state index < -0.39 is 5.97 Å². The number of hydrogen-bond acceptors (Lipinski definition) is 3. The molecule has 0 bridgehead atoms. The average molecular weight is 290 g/mol. The molecule has 3 N–H and O–H groups in total. The Labute approximate surface area is 124 Å². The number of aromatic carboxylic acids is 1. The fraction of sp³-hybridized carbons (Fsp3) is 0.500. The minimum Gasteiger partial charge on any atom is -0.478 e. The summed E-state index contributed by atoms with van der Waals surface area (Å²) in [5.41, 5.74) is 6.28. The Morgan fingerprint density at radius 2 is 1.86 bits per heavy atom. The van der Waals surface area contributed by atoms with Crippen LogP contribution in [0.2, 0.25) is 0 Å². The minimum atomic E-state index is -1.02. The van der Waals surface area contributed by atoms with Crippen LogP contribution >= 0.6 is 0 Å². The Balaban J connectivity index is 2.11. The van der Waals surface area contributed by atoms with Crippen LogP contribution in [-0.2, 0) is 4.79 Å². The van der Waals surface area contributed by atoms with Crippen LogP contribution in [0.25, 0.3) is 0 Å². The van der Waals surface area contributed by atoms with E-state index in [9.17, 15) is 14.7 Å². The van der Waals surface area contributed by atoms with E-state index in [1.807, 2.05) is 0 Å². The Morgan fingerprint density at radius 3 is 2.43 bits per heavy atom. The molecule has 0 heterocycles. The van der Waals surface area contributed by atoms with Crippen molar-refractivity contribution >= 4 is 17.6 Å². The van der Waals surface area contributed by atoms with E-state index in [-0.39, 0.29) is 17.4 Å². The number of amides is 1. The third-order valence-electron chi connectivity index (χ3n) is 4.36. The number of carbonyl (C=O) groups is 2. The molecule has 0 unspecified atom stereocenters. The number of nitrogens with two attached hydrogens (primary N) is 1. The molecule has 0 saturated heterocycles. The number of carbonyl (C=O) groups excluding carboxylic acids is 1. The van der Waals surface area contributed by atoms with E-state index in [2.05, 4.69) is 0 Å². The van der Waals surface area contributed by atoms with Crippen LogP contribution < -0.4 is 10.6 Å². The SMILES string of the molecule is CN(C(=O)C1CCC(CN)CC1)c1ccccc1C(=O)O. The first kappa shape index (κ1) is 15.5. The van der Waals surface area contributed by atoms with E-state index in [0.29, 0.717) is 18.2 Å². The largest absolute Gasteiger partial charge is 0.478 e. The van der Waals surface area contributed by atoms with Gasteiger partial charge in [0.2, 0.25) is 5.91 Å². The number of nitrogens with zero attached hydrogens (tertiary/aromatic N) is 1. The predicted octanol–water partition coefficient (Wildman–Crippen LogP) is 2.11. The number of rotatable bonds is 4. The molecule has 5 heteroatoms. The lowest BCUT2D eigenvalue weighted by atomic mass is 9.81. The third-order valence-corrected chi connectivity index (χ3v) is 4.36. The molecule has 1 fully saturated rings. The Morgan fingerprint density at radius 1 is 1.24 bits per heavy atom. The molecule has 0 aliphatic heterocycles. The summed E-state index contributed by atoms with van der Waals surface area (Å²) >= 11 is 0. The number of para-hydroxylation sites is 1. The molecule has 1 saturated carbocycles. The smallest absolute Gasteiger partial charge is 0.337 e. The molecule has 1 aliphatic rings. The second kappa shape index (κ2) is 6.72. The summed E-state index contributed by atoms with van der Waals surface area (Å²) in [6.07, 6.45) is 3.61. The van der Waals surface area contributed by atoms with Crippen molar-refractivity contribution in [1.82, 2.24) is 0 Å². The van der Waals surface area contributed by atoms with Gasteiger partial charge in [0, 0.05) is 13.0 Å². The third kappa shape index (κ3) is 3.42. The van der Waals surface area contributed by atoms with Crippen LogP contribution in [0.1, 0.15) is 36.0 Å². The van der Waals surface area contributed by atoms with Gasteiger partial charge in [0.05, 0.1) is 11.3 Å². The molecule has 2 rings (SSSR count). The van der Waals surface area contributed by atoms with Crippen molar-refractivity contribution in [3.63, 3.8) is 0 Å². The van der Waals surface area contributed by atoms with Crippen molar-refractivity contribution in [1.29, 1.82) is 0 Å². The zero-order valence-corrected chi connectivity index (χ0v) is 12.3. The summed E-state index contributed by atoms with van der Waals surface area (Å²) in [5, 5.41) is 9.22. The summed E-state index contributed by atoms with van der Waals surface area (Å²) in [5.74, 6) is -0.526. The van der Waals surface area contributed by atoms with Crippen LogP contribution in [0.15, 0.2) is 24.3 Å². The highest BCUT2D eigenvalue weighted by atomic mass is 16.4. The summed E-state index contributed by atoms with van der Waals surface area (Å²) in [7, 11) is 1.65. The first-order chi connectivity index (χ1) is 10.0. The van der Waals surface area contributed by atoms with Gasteiger partial charge in [-0.25, -0.2) is 4.79 Å². The monoisotopic (exact) mass is 290 g/mol. The van der Waals surface area contributed by atoms with E-state index in [1.165, 1.54) is 11.0 Å². The summed E-state index contributed by atoms with van der Waals surface area (Å²) in [6, 6.07) is 6.61. The zero-order chi connectivity index (χ0) is 15.4. The van der Waals surface area contributed by atoms with Crippen LogP contribution in [0.5, 0.6) is 0 Å². The van der Waals surface area contributed by atoms with Crippen molar-refractivity contribution in [2.75, 3.05) is 18.5 Å². The van der Waals surface area contributed by atoms with E-state index in [1.54, 1.807) is 25.2 Å². The second-order valence-corrected chi connectivity index (χ2v) is 5.67. The highest BCUT2D eigenvalue weighted by molar-refractivity contribution is 6.02. The molecule has 114 valence electrons. The first-order valence-electron chi connectivity index (χ1n) is 7.34. The zero-order valence-electron chi connectivity index (χ0n) is 12.3. The van der Waals surface area contributed by atoms with Crippen molar-refractivity contribution < 1.29 is 14.7 Å². The van der Waals surface area contributed by atoms with Gasteiger partial charge in [0.1, 0.15) is 0 Å².